The van der Waals surface area contributed by atoms with Crippen LogP contribution in [0.3, 0.4) is 0 Å². The summed E-state index contributed by atoms with van der Waals surface area (Å²) in [6.07, 6.45) is 7.64. The van der Waals surface area contributed by atoms with Gasteiger partial charge >= 0.3 is 0 Å². The van der Waals surface area contributed by atoms with Gasteiger partial charge in [-0.2, -0.15) is 0 Å². The molecule has 1 aliphatic carbocycles. The maximum Gasteiger partial charge on any atom is 0.180 e. The molecule has 2 aliphatic rings. The second-order valence-corrected chi connectivity index (χ2v) is 7.12. The lowest BCUT2D eigenvalue weighted by Crippen LogP contribution is -2.24. The van der Waals surface area contributed by atoms with E-state index in [-0.39, 0.29) is 12.4 Å². The molecule has 2 unspecified atom stereocenters. The van der Waals surface area contributed by atoms with Gasteiger partial charge in [0, 0.05) is 24.2 Å². The molecule has 5 heteroatoms. The Morgan fingerprint density at radius 2 is 2.39 bits per heavy atom. The fourth-order valence-electron chi connectivity index (χ4n) is 3.65. The van der Waals surface area contributed by atoms with Crippen molar-refractivity contribution in [1.82, 2.24) is 9.88 Å². The lowest BCUT2D eigenvalue weighted by atomic mass is 9.85. The molecule has 2 atom stereocenters. The third-order valence-corrected chi connectivity index (χ3v) is 5.23. The number of aromatic nitrogens is 1. The predicted molar refractivity (Wildman–Crippen MR) is 79.1 cm³/mol. The number of halogens is 1. The number of nitrogens with two attached hydrogens (primary N) is 1. The van der Waals surface area contributed by atoms with Gasteiger partial charge in [0.1, 0.15) is 0 Å². The zero-order valence-corrected chi connectivity index (χ0v) is 12.5. The summed E-state index contributed by atoms with van der Waals surface area (Å²) in [5.41, 5.74) is 6.32. The van der Waals surface area contributed by atoms with Crippen molar-refractivity contribution < 1.29 is 0 Å². The van der Waals surface area contributed by atoms with E-state index in [0.29, 0.717) is 10.5 Å². The standard InChI is InChI=1S/C13H21N3S.ClH/c1-10-2-3-13(6-10)4-5-16(9-13)8-11-7-15-12(14)17-11;/h7,10H,2-6,8-9H2,1H3,(H2,14,15);1H. The van der Waals surface area contributed by atoms with Crippen LogP contribution in [0.25, 0.3) is 0 Å². The number of rotatable bonds is 2. The highest BCUT2D eigenvalue weighted by molar-refractivity contribution is 7.15. The number of hydrogen-bond acceptors (Lipinski definition) is 4. The number of anilines is 1. The number of nitrogen functional groups attached to an aromatic ring is 1. The molecule has 3 nitrogen and oxygen atoms in total. The molecule has 0 aromatic carbocycles. The first-order valence-electron chi connectivity index (χ1n) is 6.58. The van der Waals surface area contributed by atoms with E-state index < -0.39 is 0 Å². The van der Waals surface area contributed by atoms with Gasteiger partial charge in [-0.15, -0.1) is 23.7 Å². The van der Waals surface area contributed by atoms with Crippen LogP contribution >= 0.6 is 23.7 Å². The minimum atomic E-state index is 0. The molecule has 1 aromatic rings. The van der Waals surface area contributed by atoms with Crippen LogP contribution in [0.15, 0.2) is 6.20 Å². The van der Waals surface area contributed by atoms with E-state index in [1.165, 1.54) is 43.6 Å². The first-order valence-corrected chi connectivity index (χ1v) is 7.39. The molecule has 18 heavy (non-hydrogen) atoms. The van der Waals surface area contributed by atoms with Crippen molar-refractivity contribution in [1.29, 1.82) is 0 Å². The number of thiazole rings is 1. The van der Waals surface area contributed by atoms with Crippen LogP contribution in [-0.2, 0) is 6.54 Å². The molecule has 1 spiro atoms. The maximum absolute atomic E-state index is 5.68. The Hall–Kier alpha value is -0.320. The largest absolute Gasteiger partial charge is 0.375 e. The molecular formula is C13H22ClN3S. The normalized spacial score (nSPS) is 31.9. The summed E-state index contributed by atoms with van der Waals surface area (Å²) in [7, 11) is 0. The molecule has 1 saturated carbocycles. The summed E-state index contributed by atoms with van der Waals surface area (Å²) in [4.78, 5) is 8.03. The summed E-state index contributed by atoms with van der Waals surface area (Å²) in [6, 6.07) is 0. The quantitative estimate of drug-likeness (QED) is 0.908. The second kappa shape index (κ2) is 5.35. The van der Waals surface area contributed by atoms with Crippen molar-refractivity contribution in [2.24, 2.45) is 11.3 Å². The third kappa shape index (κ3) is 2.81. The van der Waals surface area contributed by atoms with Gasteiger partial charge < -0.3 is 5.73 Å². The first-order chi connectivity index (χ1) is 8.15. The van der Waals surface area contributed by atoms with Crippen molar-refractivity contribution in [3.63, 3.8) is 0 Å². The van der Waals surface area contributed by atoms with Gasteiger partial charge in [-0.1, -0.05) is 13.3 Å². The molecule has 0 radical (unpaired) electrons. The van der Waals surface area contributed by atoms with E-state index in [2.05, 4.69) is 16.8 Å². The SMILES string of the molecule is CC1CCC2(CCN(Cc3cnc(N)s3)C2)C1.Cl. The zero-order valence-electron chi connectivity index (χ0n) is 10.9. The summed E-state index contributed by atoms with van der Waals surface area (Å²) >= 11 is 1.63. The molecule has 2 heterocycles. The number of likely N-dealkylation sites (tertiary alicyclic amines) is 1. The number of hydrogen-bond donors (Lipinski definition) is 1. The lowest BCUT2D eigenvalue weighted by Gasteiger charge is -2.23. The topological polar surface area (TPSA) is 42.2 Å². The smallest absolute Gasteiger partial charge is 0.180 e. The Kier molecular flexibility index (Phi) is 4.19. The fraction of sp³-hybridized carbons (Fsp3) is 0.769. The molecule has 102 valence electrons. The Labute approximate surface area is 119 Å². The molecule has 3 rings (SSSR count). The average molecular weight is 288 g/mol. The van der Waals surface area contributed by atoms with Crippen molar-refractivity contribution in [3.8, 4) is 0 Å². The third-order valence-electron chi connectivity index (χ3n) is 4.42. The molecular weight excluding hydrogens is 266 g/mol. The van der Waals surface area contributed by atoms with E-state index in [4.69, 9.17) is 5.73 Å². The van der Waals surface area contributed by atoms with Crippen LogP contribution in [0.4, 0.5) is 5.13 Å². The Bertz CT molecular complexity index is 409. The van der Waals surface area contributed by atoms with Gasteiger partial charge in [-0.3, -0.25) is 4.90 Å². The lowest BCUT2D eigenvalue weighted by molar-refractivity contribution is 0.252. The molecule has 2 N–H and O–H groups in total. The predicted octanol–water partition coefficient (Wildman–Crippen LogP) is 3.16. The molecule has 1 aliphatic heterocycles. The van der Waals surface area contributed by atoms with Crippen LogP contribution in [0.2, 0.25) is 0 Å². The van der Waals surface area contributed by atoms with E-state index >= 15 is 0 Å². The summed E-state index contributed by atoms with van der Waals surface area (Å²) in [5.74, 6) is 0.939. The molecule has 1 aromatic heterocycles. The van der Waals surface area contributed by atoms with Crippen molar-refractivity contribution in [3.05, 3.63) is 11.1 Å². The van der Waals surface area contributed by atoms with Gasteiger partial charge in [-0.25, -0.2) is 4.98 Å². The van der Waals surface area contributed by atoms with Crippen LogP contribution in [0.1, 0.15) is 37.5 Å². The molecule has 0 bridgehead atoms. The van der Waals surface area contributed by atoms with E-state index in [1.807, 2.05) is 6.20 Å². The zero-order chi connectivity index (χ0) is 11.9. The van der Waals surface area contributed by atoms with E-state index in [1.54, 1.807) is 11.3 Å². The highest BCUT2D eigenvalue weighted by atomic mass is 35.5. The minimum Gasteiger partial charge on any atom is -0.375 e. The van der Waals surface area contributed by atoms with Crippen LogP contribution < -0.4 is 5.73 Å². The second-order valence-electron chi connectivity index (χ2n) is 5.97. The van der Waals surface area contributed by atoms with Gasteiger partial charge in [0.2, 0.25) is 0 Å². The monoisotopic (exact) mass is 287 g/mol. The van der Waals surface area contributed by atoms with E-state index in [0.717, 1.165) is 12.5 Å². The van der Waals surface area contributed by atoms with Crippen LogP contribution in [-0.4, -0.2) is 23.0 Å². The van der Waals surface area contributed by atoms with Crippen LogP contribution in [0.5, 0.6) is 0 Å². The van der Waals surface area contributed by atoms with Gasteiger partial charge in [-0.05, 0) is 37.1 Å². The van der Waals surface area contributed by atoms with Gasteiger partial charge in [0.25, 0.3) is 0 Å². The summed E-state index contributed by atoms with van der Waals surface area (Å²) < 4.78 is 0. The van der Waals surface area contributed by atoms with Crippen molar-refractivity contribution in [2.45, 2.75) is 39.2 Å². The van der Waals surface area contributed by atoms with Gasteiger partial charge in [0.05, 0.1) is 0 Å². The number of nitrogens with zero attached hydrogens (tertiary/aromatic N) is 2. The molecule has 0 amide bonds. The Morgan fingerprint density at radius 3 is 3.00 bits per heavy atom. The van der Waals surface area contributed by atoms with E-state index in [9.17, 15) is 0 Å². The Balaban J connectivity index is 0.00000120. The maximum atomic E-state index is 5.68. The van der Waals surface area contributed by atoms with Crippen molar-refractivity contribution >= 4 is 28.9 Å². The minimum absolute atomic E-state index is 0. The summed E-state index contributed by atoms with van der Waals surface area (Å²) in [6.45, 7) is 5.99. The molecule has 2 fully saturated rings. The van der Waals surface area contributed by atoms with Crippen molar-refractivity contribution in [2.75, 3.05) is 18.8 Å². The highest BCUT2D eigenvalue weighted by Crippen LogP contribution is 2.48. The molecule has 1 saturated heterocycles. The summed E-state index contributed by atoms with van der Waals surface area (Å²) in [5, 5.41) is 0.698. The van der Waals surface area contributed by atoms with Gasteiger partial charge in [0.15, 0.2) is 5.13 Å². The fourth-order valence-corrected chi connectivity index (χ4v) is 4.37. The van der Waals surface area contributed by atoms with Crippen LogP contribution in [0, 0.1) is 11.3 Å². The average Bonchev–Trinajstić information content (AvgIpc) is 2.94. The first kappa shape index (κ1) is 14.1. The highest BCUT2D eigenvalue weighted by Gasteiger charge is 2.42. The Morgan fingerprint density at radius 1 is 1.56 bits per heavy atom.